The van der Waals surface area contributed by atoms with Crippen LogP contribution in [0.3, 0.4) is 0 Å². The molecule has 1 fully saturated rings. The molecule has 31 heavy (non-hydrogen) atoms. The standard InChI is InChI=1S/C25H29F3O3/c1-15-21-4-2-3-5-22(21)17(10-16-6-8-18(9-7-16)25(26,27)28)11-23(15)24-13-19(30)12-20(14-29)31-24/h6-9,11,19-20,24,29-30H,2-5,10,12-14H2,1H3/t19-,20-,24+/m0/s1. The zero-order chi connectivity index (χ0) is 22.2. The van der Waals surface area contributed by atoms with Crippen molar-refractivity contribution >= 4 is 0 Å². The lowest BCUT2D eigenvalue weighted by molar-refractivity contribution is -0.137. The molecular formula is C25H29F3O3. The van der Waals surface area contributed by atoms with Crippen molar-refractivity contribution in [2.75, 3.05) is 6.61 Å². The number of benzene rings is 2. The molecule has 2 aromatic rings. The molecule has 0 saturated carbocycles. The SMILES string of the molecule is Cc1c([C@H]2C[C@@H](O)C[C@@H](CO)O2)cc(Cc2ccc(C(F)(F)F)cc2)c2c1CCCC2. The number of ether oxygens (including phenoxy) is 1. The second-order valence-electron chi connectivity index (χ2n) is 8.84. The fraction of sp³-hybridized carbons (Fsp3) is 0.520. The number of hydrogen-bond acceptors (Lipinski definition) is 3. The highest BCUT2D eigenvalue weighted by atomic mass is 19.4. The van der Waals surface area contributed by atoms with Crippen molar-refractivity contribution in [3.05, 3.63) is 69.3 Å². The Bertz CT molecular complexity index is 921. The van der Waals surface area contributed by atoms with Crippen LogP contribution in [0, 0.1) is 6.92 Å². The number of halogens is 3. The molecule has 0 spiro atoms. The van der Waals surface area contributed by atoms with Gasteiger partial charge in [-0.25, -0.2) is 0 Å². The molecule has 6 heteroatoms. The van der Waals surface area contributed by atoms with Gasteiger partial charge in [-0.2, -0.15) is 13.2 Å². The molecule has 0 bridgehead atoms. The lowest BCUT2D eigenvalue weighted by Crippen LogP contribution is -2.34. The maximum atomic E-state index is 12.9. The normalized spacial score (nSPS) is 24.1. The van der Waals surface area contributed by atoms with Crippen LogP contribution in [0.5, 0.6) is 0 Å². The summed E-state index contributed by atoms with van der Waals surface area (Å²) in [5.41, 5.74) is 6.16. The predicted octanol–water partition coefficient (Wildman–Crippen LogP) is 5.06. The van der Waals surface area contributed by atoms with Gasteiger partial charge >= 0.3 is 6.18 Å². The number of rotatable bonds is 4. The molecule has 2 aromatic carbocycles. The van der Waals surface area contributed by atoms with Crippen LogP contribution >= 0.6 is 0 Å². The van der Waals surface area contributed by atoms with E-state index in [0.717, 1.165) is 54.5 Å². The van der Waals surface area contributed by atoms with Gasteiger partial charge in [0.05, 0.1) is 30.5 Å². The smallest absolute Gasteiger partial charge is 0.394 e. The monoisotopic (exact) mass is 434 g/mol. The van der Waals surface area contributed by atoms with E-state index in [2.05, 4.69) is 13.0 Å². The number of alkyl halides is 3. The Morgan fingerprint density at radius 1 is 1.03 bits per heavy atom. The van der Waals surface area contributed by atoms with Crippen LogP contribution in [0.1, 0.15) is 70.7 Å². The third-order valence-electron chi connectivity index (χ3n) is 6.68. The third kappa shape index (κ3) is 4.81. The average molecular weight is 434 g/mol. The topological polar surface area (TPSA) is 49.7 Å². The Morgan fingerprint density at radius 2 is 1.71 bits per heavy atom. The molecule has 1 saturated heterocycles. The molecule has 2 N–H and O–H groups in total. The first-order valence-corrected chi connectivity index (χ1v) is 11.0. The fourth-order valence-electron chi connectivity index (χ4n) is 5.06. The second-order valence-corrected chi connectivity index (χ2v) is 8.84. The van der Waals surface area contributed by atoms with Gasteiger partial charge < -0.3 is 14.9 Å². The number of hydrogen-bond donors (Lipinski definition) is 2. The van der Waals surface area contributed by atoms with Crippen LogP contribution in [-0.4, -0.2) is 29.0 Å². The summed E-state index contributed by atoms with van der Waals surface area (Å²) in [4.78, 5) is 0. The Balaban J connectivity index is 1.69. The van der Waals surface area contributed by atoms with Gasteiger partial charge in [0.2, 0.25) is 0 Å². The first-order valence-electron chi connectivity index (χ1n) is 11.0. The first-order chi connectivity index (χ1) is 14.8. The number of aliphatic hydroxyl groups is 2. The van der Waals surface area contributed by atoms with Gasteiger partial charge in [0, 0.05) is 12.8 Å². The largest absolute Gasteiger partial charge is 0.416 e. The molecule has 0 unspecified atom stereocenters. The van der Waals surface area contributed by atoms with E-state index in [4.69, 9.17) is 4.74 Å². The zero-order valence-corrected chi connectivity index (χ0v) is 17.7. The van der Waals surface area contributed by atoms with Crippen molar-refractivity contribution in [1.29, 1.82) is 0 Å². The number of aliphatic hydroxyl groups excluding tert-OH is 2. The highest BCUT2D eigenvalue weighted by Crippen LogP contribution is 2.39. The van der Waals surface area contributed by atoms with Gasteiger partial charge in [-0.1, -0.05) is 18.2 Å². The number of fused-ring (bicyclic) bond motifs is 1. The van der Waals surface area contributed by atoms with E-state index in [1.807, 2.05) is 0 Å². The lowest BCUT2D eigenvalue weighted by Gasteiger charge is -2.35. The minimum absolute atomic E-state index is 0.129. The van der Waals surface area contributed by atoms with Crippen molar-refractivity contribution in [3.8, 4) is 0 Å². The van der Waals surface area contributed by atoms with E-state index in [1.54, 1.807) is 12.1 Å². The molecule has 3 nitrogen and oxygen atoms in total. The quantitative estimate of drug-likeness (QED) is 0.708. The van der Waals surface area contributed by atoms with Crippen molar-refractivity contribution in [2.24, 2.45) is 0 Å². The van der Waals surface area contributed by atoms with E-state index in [1.165, 1.54) is 16.7 Å². The summed E-state index contributed by atoms with van der Waals surface area (Å²) in [5.74, 6) is 0. The predicted molar refractivity (Wildman–Crippen MR) is 112 cm³/mol. The molecule has 1 heterocycles. The van der Waals surface area contributed by atoms with E-state index in [9.17, 15) is 23.4 Å². The maximum absolute atomic E-state index is 12.9. The Hall–Kier alpha value is -1.89. The Kier molecular flexibility index (Phi) is 6.42. The summed E-state index contributed by atoms with van der Waals surface area (Å²) in [6, 6.07) is 7.52. The minimum Gasteiger partial charge on any atom is -0.394 e. The van der Waals surface area contributed by atoms with Gasteiger partial charge in [0.25, 0.3) is 0 Å². The van der Waals surface area contributed by atoms with Crippen LogP contribution in [0.15, 0.2) is 30.3 Å². The molecule has 1 aliphatic carbocycles. The van der Waals surface area contributed by atoms with Crippen molar-refractivity contribution in [3.63, 3.8) is 0 Å². The molecule has 3 atom stereocenters. The van der Waals surface area contributed by atoms with E-state index in [-0.39, 0.29) is 18.8 Å². The molecule has 0 amide bonds. The summed E-state index contributed by atoms with van der Waals surface area (Å²) >= 11 is 0. The first kappa shape index (κ1) is 22.3. The lowest BCUT2D eigenvalue weighted by atomic mass is 9.79. The van der Waals surface area contributed by atoms with Gasteiger partial charge in [-0.15, -0.1) is 0 Å². The van der Waals surface area contributed by atoms with Crippen LogP contribution in [-0.2, 0) is 30.2 Å². The van der Waals surface area contributed by atoms with E-state index < -0.39 is 17.8 Å². The summed E-state index contributed by atoms with van der Waals surface area (Å²) in [6.07, 6.45) is 0.107. The van der Waals surface area contributed by atoms with Crippen molar-refractivity contribution < 1.29 is 28.1 Å². The molecule has 168 valence electrons. The van der Waals surface area contributed by atoms with Gasteiger partial charge in [-0.3, -0.25) is 0 Å². The van der Waals surface area contributed by atoms with Crippen LogP contribution < -0.4 is 0 Å². The highest BCUT2D eigenvalue weighted by Gasteiger charge is 2.32. The molecule has 0 aromatic heterocycles. The Labute approximate surface area is 180 Å². The second kappa shape index (κ2) is 8.93. The summed E-state index contributed by atoms with van der Waals surface area (Å²) in [7, 11) is 0. The molecule has 2 aliphatic rings. The van der Waals surface area contributed by atoms with Gasteiger partial charge in [-0.05, 0) is 84.5 Å². The summed E-state index contributed by atoms with van der Waals surface area (Å²) < 4.78 is 44.8. The summed E-state index contributed by atoms with van der Waals surface area (Å²) in [6.45, 7) is 1.97. The highest BCUT2D eigenvalue weighted by molar-refractivity contribution is 5.49. The van der Waals surface area contributed by atoms with Gasteiger partial charge in [0.15, 0.2) is 0 Å². The van der Waals surface area contributed by atoms with Crippen LogP contribution in [0.2, 0.25) is 0 Å². The van der Waals surface area contributed by atoms with Crippen LogP contribution in [0.25, 0.3) is 0 Å². The zero-order valence-electron chi connectivity index (χ0n) is 17.7. The van der Waals surface area contributed by atoms with Crippen LogP contribution in [0.4, 0.5) is 13.2 Å². The Morgan fingerprint density at radius 3 is 2.35 bits per heavy atom. The van der Waals surface area contributed by atoms with E-state index in [0.29, 0.717) is 19.3 Å². The van der Waals surface area contributed by atoms with Crippen molar-refractivity contribution in [2.45, 2.75) is 76.4 Å². The van der Waals surface area contributed by atoms with Gasteiger partial charge in [0.1, 0.15) is 0 Å². The maximum Gasteiger partial charge on any atom is 0.416 e. The molecule has 4 rings (SSSR count). The molecule has 1 aliphatic heterocycles. The molecular weight excluding hydrogens is 405 g/mol. The third-order valence-corrected chi connectivity index (χ3v) is 6.68. The molecule has 0 radical (unpaired) electrons. The van der Waals surface area contributed by atoms with E-state index >= 15 is 0 Å². The van der Waals surface area contributed by atoms with Crippen molar-refractivity contribution in [1.82, 2.24) is 0 Å². The average Bonchev–Trinajstić information content (AvgIpc) is 2.75. The summed E-state index contributed by atoms with van der Waals surface area (Å²) in [5, 5.41) is 19.8. The minimum atomic E-state index is -4.34. The fourth-order valence-corrected chi connectivity index (χ4v) is 5.06.